The van der Waals surface area contributed by atoms with E-state index in [1.54, 1.807) is 6.20 Å². The fourth-order valence-corrected chi connectivity index (χ4v) is 2.48. The molecule has 0 unspecified atom stereocenters. The van der Waals surface area contributed by atoms with Gasteiger partial charge in [-0.1, -0.05) is 0 Å². The summed E-state index contributed by atoms with van der Waals surface area (Å²) in [6.07, 6.45) is 7.18. The third-order valence-corrected chi connectivity index (χ3v) is 3.57. The number of nitrogens with zero attached hydrogens (tertiary/aromatic N) is 1. The summed E-state index contributed by atoms with van der Waals surface area (Å²) in [4.78, 5) is 3.95. The van der Waals surface area contributed by atoms with Gasteiger partial charge in [0.25, 0.3) is 0 Å². The molecule has 0 aromatic carbocycles. The first-order valence-electron chi connectivity index (χ1n) is 5.04. The Hall–Kier alpha value is -0.870. The lowest BCUT2D eigenvalue weighted by atomic mass is 9.71. The molecular weight excluding hydrogens is 180 g/mol. The normalized spacial score (nSPS) is 41.5. The van der Waals surface area contributed by atoms with E-state index in [-0.39, 0.29) is 11.1 Å². The molecule has 3 aliphatic rings. The number of oxazole rings is 1. The van der Waals surface area contributed by atoms with Crippen molar-refractivity contribution in [2.24, 2.45) is 5.73 Å². The van der Waals surface area contributed by atoms with Crippen molar-refractivity contribution >= 4 is 0 Å². The molecule has 3 heterocycles. The molecule has 4 heteroatoms. The predicted molar refractivity (Wildman–Crippen MR) is 49.5 cm³/mol. The van der Waals surface area contributed by atoms with E-state index in [1.807, 2.05) is 0 Å². The van der Waals surface area contributed by atoms with E-state index in [1.165, 1.54) is 6.39 Å². The standard InChI is InChI=1S/C10H14N2O2/c11-9-1-3-10(4-2-9,14-6-9)8-5-12-7-13-8/h5,7H,1-4,6,11H2. The van der Waals surface area contributed by atoms with Gasteiger partial charge in [-0.25, -0.2) is 4.98 Å². The van der Waals surface area contributed by atoms with Crippen LogP contribution in [-0.4, -0.2) is 17.1 Å². The molecule has 0 radical (unpaired) electrons. The highest BCUT2D eigenvalue weighted by molar-refractivity contribution is 5.13. The van der Waals surface area contributed by atoms with Crippen LogP contribution in [0, 0.1) is 0 Å². The summed E-state index contributed by atoms with van der Waals surface area (Å²) in [6.45, 7) is 0.647. The Morgan fingerprint density at radius 2 is 2.07 bits per heavy atom. The molecule has 2 aliphatic heterocycles. The second kappa shape index (κ2) is 2.58. The van der Waals surface area contributed by atoms with Gasteiger partial charge in [-0.3, -0.25) is 0 Å². The highest BCUT2D eigenvalue weighted by Crippen LogP contribution is 2.48. The van der Waals surface area contributed by atoms with Crippen molar-refractivity contribution in [3.63, 3.8) is 0 Å². The van der Waals surface area contributed by atoms with Gasteiger partial charge in [0.2, 0.25) is 0 Å². The summed E-state index contributed by atoms with van der Waals surface area (Å²) in [6, 6.07) is 0. The number of nitrogens with two attached hydrogens (primary N) is 1. The first-order valence-corrected chi connectivity index (χ1v) is 5.04. The summed E-state index contributed by atoms with van der Waals surface area (Å²) in [5.41, 5.74) is 5.83. The van der Waals surface area contributed by atoms with Crippen LogP contribution in [0.2, 0.25) is 0 Å². The summed E-state index contributed by atoms with van der Waals surface area (Å²) >= 11 is 0. The third-order valence-electron chi connectivity index (χ3n) is 3.57. The maximum atomic E-state index is 6.14. The van der Waals surface area contributed by atoms with Gasteiger partial charge in [0.05, 0.1) is 12.8 Å². The Morgan fingerprint density at radius 1 is 1.29 bits per heavy atom. The molecule has 2 saturated heterocycles. The molecule has 4 rings (SSSR count). The molecule has 2 bridgehead atoms. The molecule has 14 heavy (non-hydrogen) atoms. The zero-order chi connectivity index (χ0) is 9.65. The van der Waals surface area contributed by atoms with E-state index < -0.39 is 0 Å². The fourth-order valence-electron chi connectivity index (χ4n) is 2.48. The number of hydrogen-bond acceptors (Lipinski definition) is 4. The van der Waals surface area contributed by atoms with Gasteiger partial charge in [-0.15, -0.1) is 0 Å². The van der Waals surface area contributed by atoms with Crippen molar-refractivity contribution in [1.82, 2.24) is 4.98 Å². The first kappa shape index (κ1) is 8.44. The molecule has 76 valence electrons. The van der Waals surface area contributed by atoms with Gasteiger partial charge >= 0.3 is 0 Å². The van der Waals surface area contributed by atoms with E-state index in [9.17, 15) is 0 Å². The van der Waals surface area contributed by atoms with E-state index in [0.717, 1.165) is 31.4 Å². The van der Waals surface area contributed by atoms with Crippen LogP contribution < -0.4 is 5.73 Å². The van der Waals surface area contributed by atoms with Crippen molar-refractivity contribution in [2.75, 3.05) is 6.61 Å². The van der Waals surface area contributed by atoms with Crippen molar-refractivity contribution in [3.8, 4) is 0 Å². The Morgan fingerprint density at radius 3 is 2.57 bits per heavy atom. The second-order valence-electron chi connectivity index (χ2n) is 4.51. The molecule has 1 aliphatic carbocycles. The van der Waals surface area contributed by atoms with Gasteiger partial charge in [-0.05, 0) is 25.7 Å². The van der Waals surface area contributed by atoms with Crippen LogP contribution in [0.15, 0.2) is 17.0 Å². The average molecular weight is 194 g/mol. The van der Waals surface area contributed by atoms with Crippen LogP contribution in [0.1, 0.15) is 31.4 Å². The topological polar surface area (TPSA) is 61.3 Å². The molecule has 4 nitrogen and oxygen atoms in total. The number of rotatable bonds is 1. The van der Waals surface area contributed by atoms with Crippen molar-refractivity contribution in [2.45, 2.75) is 36.8 Å². The zero-order valence-corrected chi connectivity index (χ0v) is 8.03. The maximum Gasteiger partial charge on any atom is 0.181 e. The number of ether oxygens (including phenoxy) is 1. The Labute approximate surface area is 82.4 Å². The van der Waals surface area contributed by atoms with Crippen LogP contribution >= 0.6 is 0 Å². The van der Waals surface area contributed by atoms with E-state index in [4.69, 9.17) is 14.9 Å². The van der Waals surface area contributed by atoms with Crippen molar-refractivity contribution in [1.29, 1.82) is 0 Å². The molecule has 0 atom stereocenters. The summed E-state index contributed by atoms with van der Waals surface area (Å²) < 4.78 is 11.2. The number of fused-ring (bicyclic) bond motifs is 3. The summed E-state index contributed by atoms with van der Waals surface area (Å²) in [5, 5.41) is 0. The molecule has 1 saturated carbocycles. The Balaban J connectivity index is 1.93. The van der Waals surface area contributed by atoms with E-state index >= 15 is 0 Å². The lowest BCUT2D eigenvalue weighted by molar-refractivity contribution is -0.168. The van der Waals surface area contributed by atoms with Crippen molar-refractivity contribution in [3.05, 3.63) is 18.4 Å². The second-order valence-corrected chi connectivity index (χ2v) is 4.51. The quantitative estimate of drug-likeness (QED) is 0.729. The lowest BCUT2D eigenvalue weighted by Gasteiger charge is -2.50. The Kier molecular flexibility index (Phi) is 1.56. The minimum absolute atomic E-state index is 0.0816. The molecule has 2 N–H and O–H groups in total. The SMILES string of the molecule is NC12CCC(c3cnco3)(CC1)OC2. The van der Waals surface area contributed by atoms with Crippen LogP contribution in [0.4, 0.5) is 0 Å². The fraction of sp³-hybridized carbons (Fsp3) is 0.700. The molecule has 1 aromatic rings. The Bertz CT molecular complexity index is 309. The summed E-state index contributed by atoms with van der Waals surface area (Å²) in [5.74, 6) is 0.860. The largest absolute Gasteiger partial charge is 0.445 e. The molecule has 0 spiro atoms. The van der Waals surface area contributed by atoms with Gasteiger partial charge in [0.1, 0.15) is 5.60 Å². The summed E-state index contributed by atoms with van der Waals surface area (Å²) in [7, 11) is 0. The molecule has 3 fully saturated rings. The average Bonchev–Trinajstić information content (AvgIpc) is 2.73. The number of aromatic nitrogens is 1. The molecular formula is C10H14N2O2. The molecule has 0 amide bonds. The third kappa shape index (κ3) is 1.04. The minimum Gasteiger partial charge on any atom is -0.445 e. The van der Waals surface area contributed by atoms with Crippen LogP contribution in [0.25, 0.3) is 0 Å². The number of hydrogen-bond donors (Lipinski definition) is 1. The van der Waals surface area contributed by atoms with Crippen LogP contribution in [0.5, 0.6) is 0 Å². The molecule has 1 aromatic heterocycles. The zero-order valence-electron chi connectivity index (χ0n) is 8.03. The van der Waals surface area contributed by atoms with Crippen LogP contribution in [0.3, 0.4) is 0 Å². The van der Waals surface area contributed by atoms with E-state index in [0.29, 0.717) is 6.61 Å². The van der Waals surface area contributed by atoms with Gasteiger partial charge < -0.3 is 14.9 Å². The highest BCUT2D eigenvalue weighted by Gasteiger charge is 2.50. The van der Waals surface area contributed by atoms with Gasteiger partial charge in [0.15, 0.2) is 12.2 Å². The monoisotopic (exact) mass is 194 g/mol. The lowest BCUT2D eigenvalue weighted by Crippen LogP contribution is -2.58. The highest BCUT2D eigenvalue weighted by atomic mass is 16.5. The first-order chi connectivity index (χ1) is 6.73. The maximum absolute atomic E-state index is 6.14. The van der Waals surface area contributed by atoms with Gasteiger partial charge in [0, 0.05) is 5.54 Å². The van der Waals surface area contributed by atoms with Gasteiger partial charge in [-0.2, -0.15) is 0 Å². The minimum atomic E-state index is -0.225. The van der Waals surface area contributed by atoms with Crippen molar-refractivity contribution < 1.29 is 9.15 Å². The van der Waals surface area contributed by atoms with E-state index in [2.05, 4.69) is 4.98 Å². The van der Waals surface area contributed by atoms with Crippen LogP contribution in [-0.2, 0) is 10.3 Å². The predicted octanol–water partition coefficient (Wildman–Crippen LogP) is 1.17. The smallest absolute Gasteiger partial charge is 0.181 e.